The van der Waals surface area contributed by atoms with Crippen LogP contribution in [0.1, 0.15) is 32.1 Å². The Balaban J connectivity index is 2.09. The van der Waals surface area contributed by atoms with E-state index in [9.17, 15) is 8.42 Å². The molecule has 3 nitrogen and oxygen atoms in total. The molecule has 5 heteroatoms. The summed E-state index contributed by atoms with van der Waals surface area (Å²) in [5.41, 5.74) is -0.447. The van der Waals surface area contributed by atoms with Crippen LogP contribution in [0.5, 0.6) is 0 Å². The lowest BCUT2D eigenvalue weighted by Gasteiger charge is -2.31. The van der Waals surface area contributed by atoms with Gasteiger partial charge in [0.2, 0.25) is 0 Å². The minimum atomic E-state index is -3.78. The molecular weight excluding hydrogens is 296 g/mol. The molecule has 1 saturated carbocycles. The summed E-state index contributed by atoms with van der Waals surface area (Å²) in [4.78, 5) is 0.102. The molecule has 0 unspecified atom stereocenters. The molecule has 1 aliphatic rings. The zero-order chi connectivity index (χ0) is 14.6. The SMILES string of the molecule is C#CC1(COS(=O)(=O)c2ccc(Cl)cc2)CCCCC1. The van der Waals surface area contributed by atoms with Crippen LogP contribution in [0.25, 0.3) is 0 Å². The standard InChI is InChI=1S/C15H17ClO3S/c1-2-15(10-4-3-5-11-15)12-19-20(17,18)14-8-6-13(16)7-9-14/h1,6-9H,3-5,10-12H2. The van der Waals surface area contributed by atoms with Gasteiger partial charge in [0.05, 0.1) is 16.9 Å². The number of hydrogen-bond donors (Lipinski definition) is 0. The van der Waals surface area contributed by atoms with Gasteiger partial charge >= 0.3 is 0 Å². The quantitative estimate of drug-likeness (QED) is 0.630. The average Bonchev–Trinajstić information content (AvgIpc) is 2.47. The molecule has 1 fully saturated rings. The van der Waals surface area contributed by atoms with Crippen molar-refractivity contribution >= 4 is 21.7 Å². The molecule has 0 aliphatic heterocycles. The monoisotopic (exact) mass is 312 g/mol. The lowest BCUT2D eigenvalue weighted by molar-refractivity contribution is 0.157. The molecule has 0 heterocycles. The van der Waals surface area contributed by atoms with Crippen molar-refractivity contribution in [3.05, 3.63) is 29.3 Å². The van der Waals surface area contributed by atoms with Gasteiger partial charge in [0.25, 0.3) is 10.1 Å². The first kappa shape index (κ1) is 15.4. The minimum Gasteiger partial charge on any atom is -0.265 e. The van der Waals surface area contributed by atoms with Gasteiger partial charge in [-0.1, -0.05) is 36.8 Å². The van der Waals surface area contributed by atoms with E-state index in [4.69, 9.17) is 22.2 Å². The first-order chi connectivity index (χ1) is 9.47. The molecular formula is C15H17ClO3S. The van der Waals surface area contributed by atoms with E-state index < -0.39 is 15.5 Å². The molecule has 2 rings (SSSR count). The van der Waals surface area contributed by atoms with Crippen LogP contribution >= 0.6 is 11.6 Å². The van der Waals surface area contributed by atoms with Crippen LogP contribution in [0.4, 0.5) is 0 Å². The summed E-state index contributed by atoms with van der Waals surface area (Å²) in [6.07, 6.45) is 10.4. The van der Waals surface area contributed by atoms with Crippen LogP contribution in [-0.4, -0.2) is 15.0 Å². The maximum absolute atomic E-state index is 12.1. The van der Waals surface area contributed by atoms with Crippen molar-refractivity contribution in [1.29, 1.82) is 0 Å². The molecule has 1 aromatic rings. The maximum atomic E-state index is 12.1. The highest BCUT2D eigenvalue weighted by atomic mass is 35.5. The Labute approximate surface area is 125 Å². The minimum absolute atomic E-state index is 0.0501. The van der Waals surface area contributed by atoms with Crippen LogP contribution in [0, 0.1) is 17.8 Å². The third kappa shape index (κ3) is 3.54. The summed E-state index contributed by atoms with van der Waals surface area (Å²) in [7, 11) is -3.78. The molecule has 0 N–H and O–H groups in total. The van der Waals surface area contributed by atoms with E-state index in [1.165, 1.54) is 24.3 Å². The summed E-state index contributed by atoms with van der Waals surface area (Å²) in [6.45, 7) is 0.0501. The molecule has 0 amide bonds. The average molecular weight is 313 g/mol. The maximum Gasteiger partial charge on any atom is 0.297 e. The van der Waals surface area contributed by atoms with Gasteiger partial charge in [0.15, 0.2) is 0 Å². The fourth-order valence-electron chi connectivity index (χ4n) is 2.42. The number of benzene rings is 1. The topological polar surface area (TPSA) is 43.4 Å². The van der Waals surface area contributed by atoms with Gasteiger partial charge in [0, 0.05) is 5.02 Å². The number of hydrogen-bond acceptors (Lipinski definition) is 3. The van der Waals surface area contributed by atoms with E-state index in [1.54, 1.807) is 0 Å². The van der Waals surface area contributed by atoms with Crippen molar-refractivity contribution in [2.24, 2.45) is 5.41 Å². The Hall–Kier alpha value is -1.02. The Morgan fingerprint density at radius 2 is 1.80 bits per heavy atom. The van der Waals surface area contributed by atoms with Crippen LogP contribution in [0.3, 0.4) is 0 Å². The fraction of sp³-hybridized carbons (Fsp3) is 0.467. The van der Waals surface area contributed by atoms with E-state index >= 15 is 0 Å². The summed E-state index contributed by atoms with van der Waals surface area (Å²) < 4.78 is 29.4. The molecule has 0 spiro atoms. The first-order valence-electron chi connectivity index (χ1n) is 6.60. The Morgan fingerprint density at radius 1 is 1.20 bits per heavy atom. The van der Waals surface area contributed by atoms with Crippen molar-refractivity contribution in [3.63, 3.8) is 0 Å². The van der Waals surface area contributed by atoms with E-state index in [0.717, 1.165) is 32.1 Å². The predicted molar refractivity (Wildman–Crippen MR) is 78.9 cm³/mol. The smallest absolute Gasteiger partial charge is 0.265 e. The lowest BCUT2D eigenvalue weighted by atomic mass is 9.75. The van der Waals surface area contributed by atoms with Crippen molar-refractivity contribution < 1.29 is 12.6 Å². The second-order valence-electron chi connectivity index (χ2n) is 5.16. The van der Waals surface area contributed by atoms with E-state index in [2.05, 4.69) is 5.92 Å². The zero-order valence-corrected chi connectivity index (χ0v) is 12.7. The van der Waals surface area contributed by atoms with Crippen molar-refractivity contribution in [2.45, 2.75) is 37.0 Å². The third-order valence-electron chi connectivity index (χ3n) is 3.71. The Bertz CT molecular complexity index is 593. The van der Waals surface area contributed by atoms with Gasteiger partial charge < -0.3 is 0 Å². The molecule has 0 aromatic heterocycles. The predicted octanol–water partition coefficient (Wildman–Crippen LogP) is 3.63. The van der Waals surface area contributed by atoms with Crippen molar-refractivity contribution in [3.8, 4) is 12.3 Å². The van der Waals surface area contributed by atoms with E-state index in [1.807, 2.05) is 0 Å². The molecule has 20 heavy (non-hydrogen) atoms. The number of halogens is 1. The van der Waals surface area contributed by atoms with Crippen molar-refractivity contribution in [2.75, 3.05) is 6.61 Å². The molecule has 0 atom stereocenters. The zero-order valence-electron chi connectivity index (χ0n) is 11.1. The first-order valence-corrected chi connectivity index (χ1v) is 8.39. The van der Waals surface area contributed by atoms with Gasteiger partial charge in [-0.25, -0.2) is 0 Å². The van der Waals surface area contributed by atoms with Gasteiger partial charge in [0.1, 0.15) is 0 Å². The highest BCUT2D eigenvalue weighted by Gasteiger charge is 2.32. The lowest BCUT2D eigenvalue weighted by Crippen LogP contribution is -2.29. The van der Waals surface area contributed by atoms with E-state index in [-0.39, 0.29) is 11.5 Å². The summed E-state index contributed by atoms with van der Waals surface area (Å²) in [5.74, 6) is 2.74. The van der Waals surface area contributed by atoms with Crippen LogP contribution in [0.15, 0.2) is 29.2 Å². The Morgan fingerprint density at radius 3 is 2.35 bits per heavy atom. The molecule has 1 aromatic carbocycles. The highest BCUT2D eigenvalue weighted by Crippen LogP contribution is 2.36. The Kier molecular flexibility index (Phi) is 4.74. The summed E-state index contributed by atoms with van der Waals surface area (Å²) >= 11 is 5.74. The molecule has 0 saturated heterocycles. The largest absolute Gasteiger partial charge is 0.297 e. The highest BCUT2D eigenvalue weighted by molar-refractivity contribution is 7.86. The van der Waals surface area contributed by atoms with Gasteiger partial charge in [-0.05, 0) is 37.1 Å². The van der Waals surface area contributed by atoms with Gasteiger partial charge in [-0.3, -0.25) is 4.18 Å². The summed E-state index contributed by atoms with van der Waals surface area (Å²) in [5, 5.41) is 0.483. The summed E-state index contributed by atoms with van der Waals surface area (Å²) in [6, 6.07) is 5.91. The fourth-order valence-corrected chi connectivity index (χ4v) is 3.53. The number of terminal acetylenes is 1. The molecule has 0 bridgehead atoms. The van der Waals surface area contributed by atoms with Crippen LogP contribution in [0.2, 0.25) is 5.02 Å². The second-order valence-corrected chi connectivity index (χ2v) is 7.21. The second kappa shape index (κ2) is 6.17. The normalized spacial score (nSPS) is 18.4. The van der Waals surface area contributed by atoms with Gasteiger partial charge in [-0.2, -0.15) is 8.42 Å². The van der Waals surface area contributed by atoms with Crippen molar-refractivity contribution in [1.82, 2.24) is 0 Å². The van der Waals surface area contributed by atoms with Crippen LogP contribution in [-0.2, 0) is 14.3 Å². The molecule has 1 aliphatic carbocycles. The number of rotatable bonds is 4. The van der Waals surface area contributed by atoms with Gasteiger partial charge in [-0.15, -0.1) is 6.42 Å². The van der Waals surface area contributed by atoms with Crippen LogP contribution < -0.4 is 0 Å². The molecule has 108 valence electrons. The van der Waals surface area contributed by atoms with E-state index in [0.29, 0.717) is 5.02 Å². The third-order valence-corrected chi connectivity index (χ3v) is 5.24. The molecule has 0 radical (unpaired) electrons.